The molecule has 0 saturated carbocycles. The summed E-state index contributed by atoms with van der Waals surface area (Å²) >= 11 is 10.3. The summed E-state index contributed by atoms with van der Waals surface area (Å²) in [5.41, 5.74) is 4.12. The van der Waals surface area contributed by atoms with Crippen LogP contribution in [0.2, 0.25) is 5.15 Å². The van der Waals surface area contributed by atoms with E-state index < -0.39 is 5.63 Å². The molecule has 1 atom stereocenters. The molecular weight excluding hydrogens is 662 g/mol. The summed E-state index contributed by atoms with van der Waals surface area (Å²) in [5, 5.41) is 11.3. The van der Waals surface area contributed by atoms with Crippen LogP contribution in [0.25, 0.3) is 33.1 Å². The molecule has 1 aliphatic heterocycles. The number of hydrazone groups is 1. The minimum atomic E-state index is -0.458. The average Bonchev–Trinajstić information content (AvgIpc) is 3.61. The van der Waals surface area contributed by atoms with Crippen LogP contribution in [0.15, 0.2) is 98.6 Å². The lowest BCUT2D eigenvalue weighted by Crippen LogP contribution is -2.19. The Morgan fingerprint density at radius 2 is 1.82 bits per heavy atom. The summed E-state index contributed by atoms with van der Waals surface area (Å²) < 4.78 is 20.3. The molecule has 7 rings (SSSR count). The van der Waals surface area contributed by atoms with E-state index in [9.17, 15) is 9.18 Å². The van der Waals surface area contributed by atoms with E-state index in [1.807, 2.05) is 52.9 Å². The number of hydrogen-bond acceptors (Lipinski definition) is 7. The Morgan fingerprint density at radius 3 is 2.67 bits per heavy atom. The highest BCUT2D eigenvalue weighted by molar-refractivity contribution is 14.1. The van der Waals surface area contributed by atoms with Gasteiger partial charge in [0.25, 0.3) is 0 Å². The molecule has 40 heavy (non-hydrogen) atoms. The lowest BCUT2D eigenvalue weighted by atomic mass is 9.98. The summed E-state index contributed by atoms with van der Waals surface area (Å²) in [6.45, 7) is 0. The van der Waals surface area contributed by atoms with Gasteiger partial charge in [0.1, 0.15) is 16.6 Å². The van der Waals surface area contributed by atoms with Crippen LogP contribution < -0.4 is 10.6 Å². The third-order valence-corrected chi connectivity index (χ3v) is 8.61. The number of anilines is 1. The van der Waals surface area contributed by atoms with Crippen molar-refractivity contribution in [1.82, 2.24) is 9.97 Å². The molecule has 0 aliphatic carbocycles. The molecule has 0 spiro atoms. The summed E-state index contributed by atoms with van der Waals surface area (Å²) in [6.07, 6.45) is 0.511. The van der Waals surface area contributed by atoms with Crippen molar-refractivity contribution in [3.05, 3.63) is 120 Å². The molecule has 1 aliphatic rings. The maximum Gasteiger partial charge on any atom is 0.345 e. The molecule has 0 saturated heterocycles. The zero-order valence-corrected chi connectivity index (χ0v) is 24.2. The predicted molar refractivity (Wildman–Crippen MR) is 166 cm³/mol. The van der Waals surface area contributed by atoms with E-state index in [2.05, 4.69) is 27.6 Å². The Morgan fingerprint density at radius 1 is 1.00 bits per heavy atom. The van der Waals surface area contributed by atoms with Crippen molar-refractivity contribution in [2.75, 3.05) is 5.01 Å². The Labute approximate surface area is 249 Å². The second-order valence-electron chi connectivity index (χ2n) is 9.32. The minimum Gasteiger partial charge on any atom is -0.422 e. The predicted octanol–water partition coefficient (Wildman–Crippen LogP) is 8.22. The number of pyridine rings is 1. The minimum absolute atomic E-state index is 0.307. The van der Waals surface area contributed by atoms with Gasteiger partial charge in [-0.15, -0.1) is 11.3 Å². The maximum absolute atomic E-state index is 13.7. The van der Waals surface area contributed by atoms with Gasteiger partial charge in [-0.1, -0.05) is 41.9 Å². The van der Waals surface area contributed by atoms with E-state index in [0.717, 1.165) is 36.7 Å². The number of hydrogen-bond donors (Lipinski definition) is 0. The highest BCUT2D eigenvalue weighted by Crippen LogP contribution is 2.41. The molecule has 6 nitrogen and oxygen atoms in total. The van der Waals surface area contributed by atoms with Crippen molar-refractivity contribution < 1.29 is 8.81 Å². The third-order valence-electron chi connectivity index (χ3n) is 6.81. The Bertz CT molecular complexity index is 2030. The largest absolute Gasteiger partial charge is 0.422 e. The fourth-order valence-electron chi connectivity index (χ4n) is 4.85. The highest BCUT2D eigenvalue weighted by atomic mass is 127. The lowest BCUT2D eigenvalue weighted by molar-refractivity contribution is 0.563. The molecule has 10 heteroatoms. The molecule has 1 unspecified atom stereocenters. The lowest BCUT2D eigenvalue weighted by Gasteiger charge is -2.22. The highest BCUT2D eigenvalue weighted by Gasteiger charge is 2.34. The molecule has 4 heterocycles. The first-order chi connectivity index (χ1) is 19.4. The summed E-state index contributed by atoms with van der Waals surface area (Å²) in [4.78, 5) is 22.3. The zero-order valence-electron chi connectivity index (χ0n) is 20.5. The van der Waals surface area contributed by atoms with Gasteiger partial charge in [0.2, 0.25) is 5.13 Å². The first-order valence-corrected chi connectivity index (χ1v) is 14.6. The van der Waals surface area contributed by atoms with Gasteiger partial charge in [0.15, 0.2) is 0 Å². The van der Waals surface area contributed by atoms with Gasteiger partial charge in [-0.2, -0.15) is 5.10 Å². The fourth-order valence-corrected chi connectivity index (χ4v) is 6.47. The molecule has 0 N–H and O–H groups in total. The topological polar surface area (TPSA) is 71.6 Å². The summed E-state index contributed by atoms with van der Waals surface area (Å²) in [7, 11) is 0. The number of fused-ring (bicyclic) bond motifs is 2. The van der Waals surface area contributed by atoms with Crippen LogP contribution in [0.4, 0.5) is 9.52 Å². The molecule has 0 amide bonds. The standard InChI is InChI=1S/C30H17ClFIN4O2S/c31-28-22(12-17-3-1-2-4-23(17)34-28)26-14-24(16-5-7-19(32)8-6-16)36-37(26)30-35-25(15-40-30)21-13-18-11-20(33)9-10-27(18)39-29(21)38/h1-13,15,26H,14H2. The van der Waals surface area contributed by atoms with E-state index in [0.29, 0.717) is 33.5 Å². The van der Waals surface area contributed by atoms with Gasteiger partial charge in [-0.3, -0.25) is 0 Å². The second-order valence-corrected chi connectivity index (χ2v) is 11.8. The van der Waals surface area contributed by atoms with Gasteiger partial charge in [-0.25, -0.2) is 24.2 Å². The van der Waals surface area contributed by atoms with Crippen LogP contribution in [0, 0.1) is 9.39 Å². The number of thiazole rings is 1. The first kappa shape index (κ1) is 25.3. The van der Waals surface area contributed by atoms with E-state index in [1.165, 1.54) is 23.5 Å². The van der Waals surface area contributed by atoms with Crippen molar-refractivity contribution in [2.45, 2.75) is 12.5 Å². The monoisotopic (exact) mass is 678 g/mol. The molecule has 3 aromatic carbocycles. The Hall–Kier alpha value is -3.67. The van der Waals surface area contributed by atoms with Crippen LogP contribution in [-0.4, -0.2) is 15.7 Å². The third kappa shape index (κ3) is 4.57. The van der Waals surface area contributed by atoms with Crippen molar-refractivity contribution >= 4 is 78.2 Å². The van der Waals surface area contributed by atoms with Crippen molar-refractivity contribution in [3.63, 3.8) is 0 Å². The Kier molecular flexibility index (Phi) is 6.37. The molecule has 0 radical (unpaired) electrons. The first-order valence-electron chi connectivity index (χ1n) is 12.3. The van der Waals surface area contributed by atoms with E-state index in [1.54, 1.807) is 24.3 Å². The molecular formula is C30H17ClFIN4O2S. The number of aromatic nitrogens is 2. The molecule has 6 aromatic rings. The van der Waals surface area contributed by atoms with Crippen LogP contribution in [0.1, 0.15) is 23.6 Å². The van der Waals surface area contributed by atoms with Crippen molar-refractivity contribution in [1.29, 1.82) is 0 Å². The number of para-hydroxylation sites is 1. The van der Waals surface area contributed by atoms with Crippen LogP contribution in [-0.2, 0) is 0 Å². The van der Waals surface area contributed by atoms with Gasteiger partial charge in [0.05, 0.1) is 28.5 Å². The summed E-state index contributed by atoms with van der Waals surface area (Å²) in [5.74, 6) is -0.314. The van der Waals surface area contributed by atoms with E-state index in [-0.39, 0.29) is 11.9 Å². The van der Waals surface area contributed by atoms with E-state index >= 15 is 0 Å². The normalized spacial score (nSPS) is 15.2. The fraction of sp³-hybridized carbons (Fsp3) is 0.0667. The number of benzene rings is 3. The second kappa shape index (κ2) is 10.1. The summed E-state index contributed by atoms with van der Waals surface area (Å²) in [6, 6.07) is 23.2. The smallest absolute Gasteiger partial charge is 0.345 e. The molecule has 3 aromatic heterocycles. The van der Waals surface area contributed by atoms with E-state index in [4.69, 9.17) is 26.1 Å². The van der Waals surface area contributed by atoms with Crippen molar-refractivity contribution in [3.8, 4) is 11.3 Å². The number of halogens is 3. The van der Waals surface area contributed by atoms with Crippen LogP contribution >= 0.6 is 45.5 Å². The van der Waals surface area contributed by atoms with Crippen molar-refractivity contribution in [2.24, 2.45) is 5.10 Å². The molecule has 0 bridgehead atoms. The maximum atomic E-state index is 13.7. The van der Waals surface area contributed by atoms with Gasteiger partial charge in [-0.05, 0) is 76.7 Å². The average molecular weight is 679 g/mol. The number of rotatable bonds is 4. The quantitative estimate of drug-likeness (QED) is 0.107. The van der Waals surface area contributed by atoms with Crippen LogP contribution in [0.3, 0.4) is 0 Å². The SMILES string of the molecule is O=c1oc2ccc(I)cc2cc1-c1csc(N2N=C(c3ccc(F)cc3)CC2c2cc3ccccc3nc2Cl)n1. The van der Waals surface area contributed by atoms with Gasteiger partial charge >= 0.3 is 5.63 Å². The molecule has 196 valence electrons. The number of nitrogens with zero attached hydrogens (tertiary/aromatic N) is 4. The van der Waals surface area contributed by atoms with Crippen LogP contribution in [0.5, 0.6) is 0 Å². The molecule has 0 fully saturated rings. The Balaban J connectivity index is 1.33. The van der Waals surface area contributed by atoms with Gasteiger partial charge < -0.3 is 4.42 Å². The van der Waals surface area contributed by atoms with Gasteiger partial charge in [0, 0.05) is 31.7 Å². The zero-order chi connectivity index (χ0) is 27.4.